The first-order chi connectivity index (χ1) is 11.1. The van der Waals surface area contributed by atoms with Gasteiger partial charge in [0.1, 0.15) is 0 Å². The molecule has 1 heterocycles. The monoisotopic (exact) mass is 315 g/mol. The second kappa shape index (κ2) is 8.22. The fraction of sp³-hybridized carbons (Fsp3) is 0.412. The van der Waals surface area contributed by atoms with Crippen molar-refractivity contribution in [2.45, 2.75) is 12.8 Å². The number of rotatable bonds is 6. The van der Waals surface area contributed by atoms with Crippen LogP contribution < -0.4 is 10.6 Å². The van der Waals surface area contributed by atoms with Crippen molar-refractivity contribution < 1.29 is 4.79 Å². The van der Waals surface area contributed by atoms with Gasteiger partial charge in [0, 0.05) is 57.8 Å². The Kier molecular flexibility index (Phi) is 6.02. The molecule has 0 unspecified atom stereocenters. The molecule has 0 aliphatic rings. The quantitative estimate of drug-likeness (QED) is 0.556. The second-order valence-corrected chi connectivity index (χ2v) is 5.57. The molecule has 1 amide bonds. The fourth-order valence-electron chi connectivity index (χ4n) is 2.39. The van der Waals surface area contributed by atoms with Crippen LogP contribution in [0, 0.1) is 0 Å². The Balaban J connectivity index is 1.77. The molecular weight excluding hydrogens is 290 g/mol. The normalized spacial score (nSPS) is 11.5. The third kappa shape index (κ3) is 4.74. The Morgan fingerprint density at radius 3 is 2.70 bits per heavy atom. The van der Waals surface area contributed by atoms with Gasteiger partial charge in [-0.3, -0.25) is 9.79 Å². The predicted molar refractivity (Wildman–Crippen MR) is 94.7 cm³/mol. The van der Waals surface area contributed by atoms with Crippen LogP contribution >= 0.6 is 0 Å². The zero-order valence-corrected chi connectivity index (χ0v) is 14.0. The van der Waals surface area contributed by atoms with Crippen molar-refractivity contribution in [3.63, 3.8) is 0 Å². The van der Waals surface area contributed by atoms with E-state index in [1.165, 1.54) is 10.9 Å². The van der Waals surface area contributed by atoms with E-state index in [1.54, 1.807) is 26.0 Å². The van der Waals surface area contributed by atoms with Crippen LogP contribution in [0.15, 0.2) is 35.5 Å². The molecule has 2 rings (SSSR count). The van der Waals surface area contributed by atoms with E-state index in [0.29, 0.717) is 13.0 Å². The number of carbonyl (C=O) groups is 1. The van der Waals surface area contributed by atoms with Gasteiger partial charge in [-0.05, 0) is 18.1 Å². The number of para-hydroxylation sites is 1. The molecule has 2 aromatic rings. The lowest BCUT2D eigenvalue weighted by Gasteiger charge is -2.13. The summed E-state index contributed by atoms with van der Waals surface area (Å²) in [6, 6.07) is 8.28. The van der Waals surface area contributed by atoms with E-state index in [2.05, 4.69) is 45.0 Å². The number of benzene rings is 1. The Morgan fingerprint density at radius 2 is 1.96 bits per heavy atom. The summed E-state index contributed by atoms with van der Waals surface area (Å²) in [5.74, 6) is 0.822. The Morgan fingerprint density at radius 1 is 1.22 bits per heavy atom. The molecular formula is C17H25N5O. The van der Waals surface area contributed by atoms with Gasteiger partial charge in [-0.2, -0.15) is 0 Å². The van der Waals surface area contributed by atoms with E-state index < -0.39 is 0 Å². The van der Waals surface area contributed by atoms with E-state index >= 15 is 0 Å². The molecule has 1 aromatic heterocycles. The van der Waals surface area contributed by atoms with Crippen molar-refractivity contribution in [2.75, 3.05) is 34.2 Å². The summed E-state index contributed by atoms with van der Waals surface area (Å²) in [6.45, 7) is 1.35. The van der Waals surface area contributed by atoms with Gasteiger partial charge >= 0.3 is 0 Å². The van der Waals surface area contributed by atoms with Gasteiger partial charge in [0.25, 0.3) is 0 Å². The first kappa shape index (κ1) is 16.9. The molecule has 6 nitrogen and oxygen atoms in total. The lowest BCUT2D eigenvalue weighted by molar-refractivity contribution is -0.128. The minimum Gasteiger partial charge on any atom is -0.361 e. The molecule has 0 atom stereocenters. The number of H-pyrrole nitrogens is 1. The molecule has 3 N–H and O–H groups in total. The lowest BCUT2D eigenvalue weighted by atomic mass is 10.1. The van der Waals surface area contributed by atoms with Gasteiger partial charge < -0.3 is 20.5 Å². The lowest BCUT2D eigenvalue weighted by Crippen LogP contribution is -2.40. The Bertz CT molecular complexity index is 674. The SMILES string of the molecule is CN=C(NCCC(=O)N(C)C)NCCc1c[nH]c2ccccc12. The maximum absolute atomic E-state index is 11.5. The Hall–Kier alpha value is -2.50. The van der Waals surface area contributed by atoms with Gasteiger partial charge in [0.05, 0.1) is 0 Å². The first-order valence-electron chi connectivity index (χ1n) is 7.81. The number of amides is 1. The molecule has 0 aliphatic carbocycles. The smallest absolute Gasteiger partial charge is 0.223 e. The van der Waals surface area contributed by atoms with Crippen LogP contribution in [0.3, 0.4) is 0 Å². The molecule has 124 valence electrons. The van der Waals surface area contributed by atoms with Gasteiger partial charge in [0.2, 0.25) is 5.91 Å². The molecule has 0 fully saturated rings. The standard InChI is InChI=1S/C17H25N5O/c1-18-17(20-11-9-16(23)22(2)3)19-10-8-13-12-21-15-7-5-4-6-14(13)15/h4-7,12,21H,8-11H2,1-3H3,(H2,18,19,20). The van der Waals surface area contributed by atoms with Crippen molar-refractivity contribution >= 4 is 22.8 Å². The molecule has 0 spiro atoms. The molecule has 23 heavy (non-hydrogen) atoms. The molecule has 0 aliphatic heterocycles. The number of carbonyl (C=O) groups excluding carboxylic acids is 1. The van der Waals surface area contributed by atoms with E-state index in [-0.39, 0.29) is 5.91 Å². The number of guanidine groups is 1. The third-order valence-electron chi connectivity index (χ3n) is 3.72. The van der Waals surface area contributed by atoms with Crippen molar-refractivity contribution in [1.29, 1.82) is 0 Å². The summed E-state index contributed by atoms with van der Waals surface area (Å²) in [5.41, 5.74) is 2.44. The van der Waals surface area contributed by atoms with Crippen molar-refractivity contribution in [1.82, 2.24) is 20.5 Å². The number of fused-ring (bicyclic) bond motifs is 1. The maximum Gasteiger partial charge on any atom is 0.223 e. The van der Waals surface area contributed by atoms with Gasteiger partial charge in [-0.1, -0.05) is 18.2 Å². The number of aliphatic imine (C=N–C) groups is 1. The maximum atomic E-state index is 11.5. The average Bonchev–Trinajstić information content (AvgIpc) is 2.96. The van der Waals surface area contributed by atoms with Crippen LogP contribution in [0.1, 0.15) is 12.0 Å². The summed E-state index contributed by atoms with van der Waals surface area (Å²) in [5, 5.41) is 7.69. The van der Waals surface area contributed by atoms with E-state index in [9.17, 15) is 4.79 Å². The molecule has 6 heteroatoms. The number of hydrogen-bond donors (Lipinski definition) is 3. The largest absolute Gasteiger partial charge is 0.361 e. The molecule has 0 saturated carbocycles. The number of aromatic amines is 1. The van der Waals surface area contributed by atoms with E-state index in [1.807, 2.05) is 6.07 Å². The zero-order valence-electron chi connectivity index (χ0n) is 14.0. The van der Waals surface area contributed by atoms with E-state index in [0.717, 1.165) is 24.4 Å². The fourth-order valence-corrected chi connectivity index (χ4v) is 2.39. The van der Waals surface area contributed by atoms with Crippen molar-refractivity contribution in [2.24, 2.45) is 4.99 Å². The highest BCUT2D eigenvalue weighted by Gasteiger charge is 2.05. The third-order valence-corrected chi connectivity index (χ3v) is 3.72. The first-order valence-corrected chi connectivity index (χ1v) is 7.81. The Labute approximate surface area is 137 Å². The van der Waals surface area contributed by atoms with Crippen molar-refractivity contribution in [3.8, 4) is 0 Å². The average molecular weight is 315 g/mol. The van der Waals surface area contributed by atoms with Gasteiger partial charge in [-0.15, -0.1) is 0 Å². The minimum absolute atomic E-state index is 0.103. The number of aromatic nitrogens is 1. The minimum atomic E-state index is 0.103. The van der Waals surface area contributed by atoms with Crippen LogP contribution in [-0.2, 0) is 11.2 Å². The molecule has 0 saturated heterocycles. The predicted octanol–water partition coefficient (Wildman–Crippen LogP) is 1.35. The number of hydrogen-bond acceptors (Lipinski definition) is 2. The molecule has 0 bridgehead atoms. The topological polar surface area (TPSA) is 72.5 Å². The van der Waals surface area contributed by atoms with Crippen LogP contribution in [0.4, 0.5) is 0 Å². The second-order valence-electron chi connectivity index (χ2n) is 5.57. The van der Waals surface area contributed by atoms with Gasteiger partial charge in [-0.25, -0.2) is 0 Å². The summed E-state index contributed by atoms with van der Waals surface area (Å²) in [7, 11) is 5.25. The van der Waals surface area contributed by atoms with Crippen LogP contribution in [0.5, 0.6) is 0 Å². The van der Waals surface area contributed by atoms with Gasteiger partial charge in [0.15, 0.2) is 5.96 Å². The number of nitrogens with zero attached hydrogens (tertiary/aromatic N) is 2. The highest BCUT2D eigenvalue weighted by molar-refractivity contribution is 5.83. The van der Waals surface area contributed by atoms with E-state index in [4.69, 9.17) is 0 Å². The summed E-state index contributed by atoms with van der Waals surface area (Å²) in [6.07, 6.45) is 3.41. The number of nitrogens with one attached hydrogen (secondary N) is 3. The molecule has 1 aromatic carbocycles. The summed E-state index contributed by atoms with van der Waals surface area (Å²) in [4.78, 5) is 20.6. The highest BCUT2D eigenvalue weighted by Crippen LogP contribution is 2.17. The zero-order chi connectivity index (χ0) is 16.7. The van der Waals surface area contributed by atoms with Crippen LogP contribution in [0.25, 0.3) is 10.9 Å². The molecule has 0 radical (unpaired) electrons. The van der Waals surface area contributed by atoms with Crippen molar-refractivity contribution in [3.05, 3.63) is 36.0 Å². The highest BCUT2D eigenvalue weighted by atomic mass is 16.2. The van der Waals surface area contributed by atoms with Crippen LogP contribution in [-0.4, -0.2) is 56.0 Å². The summed E-state index contributed by atoms with van der Waals surface area (Å²) >= 11 is 0. The summed E-state index contributed by atoms with van der Waals surface area (Å²) < 4.78 is 0. The van der Waals surface area contributed by atoms with Crippen LogP contribution in [0.2, 0.25) is 0 Å².